The van der Waals surface area contributed by atoms with Crippen LogP contribution in [0.4, 0.5) is 4.39 Å². The number of ether oxygens (including phenoxy) is 2. The molecular weight excluding hydrogens is 347 g/mol. The van der Waals surface area contributed by atoms with Crippen LogP contribution in [0.15, 0.2) is 66.9 Å². The third-order valence-electron chi connectivity index (χ3n) is 3.88. The summed E-state index contributed by atoms with van der Waals surface area (Å²) in [5.74, 6) is 0.787. The number of methoxy groups -OCH3 is 1. The highest BCUT2D eigenvalue weighted by Gasteiger charge is 2.11. The Balaban J connectivity index is 1.65. The second kappa shape index (κ2) is 8.80. The first-order valence-electron chi connectivity index (χ1n) is 8.41. The predicted molar refractivity (Wildman–Crippen MR) is 99.3 cm³/mol. The number of carbonyl (C=O) groups excluding carboxylic acids is 1. The topological polar surface area (TPSA) is 60.5 Å². The van der Waals surface area contributed by atoms with Crippen molar-refractivity contribution in [1.29, 1.82) is 0 Å². The summed E-state index contributed by atoms with van der Waals surface area (Å²) in [5, 5.41) is 2.85. The minimum Gasteiger partial charge on any atom is -0.496 e. The number of benzene rings is 2. The molecule has 27 heavy (non-hydrogen) atoms. The van der Waals surface area contributed by atoms with Gasteiger partial charge in [0.15, 0.2) is 0 Å². The van der Waals surface area contributed by atoms with Crippen molar-refractivity contribution in [3.8, 4) is 17.4 Å². The van der Waals surface area contributed by atoms with Crippen LogP contribution < -0.4 is 14.8 Å². The highest BCUT2D eigenvalue weighted by Crippen LogP contribution is 2.23. The molecule has 5 nitrogen and oxygen atoms in total. The van der Waals surface area contributed by atoms with Gasteiger partial charge in [-0.15, -0.1) is 0 Å². The maximum atomic E-state index is 13.3. The van der Waals surface area contributed by atoms with Gasteiger partial charge in [0.2, 0.25) is 11.8 Å². The number of nitrogens with one attached hydrogen (secondary N) is 1. The van der Waals surface area contributed by atoms with Crippen molar-refractivity contribution in [2.75, 3.05) is 7.11 Å². The van der Waals surface area contributed by atoms with Crippen LogP contribution >= 0.6 is 0 Å². The molecule has 0 bridgehead atoms. The number of aromatic nitrogens is 1. The molecule has 0 aliphatic carbocycles. The molecule has 2 aromatic carbocycles. The average molecular weight is 366 g/mol. The SMILES string of the molecule is COc1ccccc1CC(=O)NCc1cccnc1Oc1cccc(F)c1. The summed E-state index contributed by atoms with van der Waals surface area (Å²) >= 11 is 0. The van der Waals surface area contributed by atoms with Gasteiger partial charge >= 0.3 is 0 Å². The fraction of sp³-hybridized carbons (Fsp3) is 0.143. The van der Waals surface area contributed by atoms with Crippen LogP contribution in [0, 0.1) is 5.82 Å². The Morgan fingerprint density at radius 2 is 1.89 bits per heavy atom. The second-order valence-electron chi connectivity index (χ2n) is 5.79. The molecule has 0 atom stereocenters. The lowest BCUT2D eigenvalue weighted by atomic mass is 10.1. The monoisotopic (exact) mass is 366 g/mol. The fourth-order valence-corrected chi connectivity index (χ4v) is 2.57. The normalized spacial score (nSPS) is 10.3. The van der Waals surface area contributed by atoms with Crippen molar-refractivity contribution in [3.63, 3.8) is 0 Å². The highest BCUT2D eigenvalue weighted by atomic mass is 19.1. The van der Waals surface area contributed by atoms with Gasteiger partial charge in [0, 0.05) is 29.9 Å². The lowest BCUT2D eigenvalue weighted by molar-refractivity contribution is -0.120. The molecule has 0 spiro atoms. The number of hydrogen-bond acceptors (Lipinski definition) is 4. The summed E-state index contributed by atoms with van der Waals surface area (Å²) in [6.45, 7) is 0.243. The Morgan fingerprint density at radius 3 is 2.70 bits per heavy atom. The summed E-state index contributed by atoms with van der Waals surface area (Å²) in [6.07, 6.45) is 1.78. The Kier molecular flexibility index (Phi) is 5.99. The maximum Gasteiger partial charge on any atom is 0.224 e. The first-order valence-corrected chi connectivity index (χ1v) is 8.41. The van der Waals surface area contributed by atoms with Gasteiger partial charge in [0.05, 0.1) is 13.5 Å². The highest BCUT2D eigenvalue weighted by molar-refractivity contribution is 5.79. The lowest BCUT2D eigenvalue weighted by Gasteiger charge is -2.12. The van der Waals surface area contributed by atoms with Gasteiger partial charge in [0.25, 0.3) is 0 Å². The average Bonchev–Trinajstić information content (AvgIpc) is 2.68. The summed E-state index contributed by atoms with van der Waals surface area (Å²) in [4.78, 5) is 16.5. The number of hydrogen-bond donors (Lipinski definition) is 1. The molecule has 6 heteroatoms. The molecule has 0 saturated carbocycles. The minimum absolute atomic E-state index is 0.153. The number of rotatable bonds is 7. The number of amides is 1. The molecule has 3 aromatic rings. The molecule has 1 heterocycles. The summed E-state index contributed by atoms with van der Waals surface area (Å²) in [7, 11) is 1.57. The Labute approximate surface area is 156 Å². The molecule has 0 radical (unpaired) electrons. The molecule has 1 N–H and O–H groups in total. The van der Waals surface area contributed by atoms with Crippen molar-refractivity contribution < 1.29 is 18.7 Å². The summed E-state index contributed by atoms with van der Waals surface area (Å²) in [6, 6.07) is 16.7. The van der Waals surface area contributed by atoms with Crippen LogP contribution in [0.5, 0.6) is 17.4 Å². The summed E-state index contributed by atoms with van der Waals surface area (Å²) < 4.78 is 24.2. The van der Waals surface area contributed by atoms with E-state index in [0.717, 1.165) is 5.56 Å². The van der Waals surface area contributed by atoms with E-state index in [4.69, 9.17) is 9.47 Å². The first-order chi connectivity index (χ1) is 13.2. The zero-order chi connectivity index (χ0) is 19.1. The molecule has 0 aliphatic rings. The van der Waals surface area contributed by atoms with E-state index in [2.05, 4.69) is 10.3 Å². The van der Waals surface area contributed by atoms with Crippen molar-refractivity contribution in [2.45, 2.75) is 13.0 Å². The molecule has 1 amide bonds. The predicted octanol–water partition coefficient (Wildman–Crippen LogP) is 3.88. The molecule has 0 fully saturated rings. The zero-order valence-electron chi connectivity index (χ0n) is 14.8. The second-order valence-corrected chi connectivity index (χ2v) is 5.79. The van der Waals surface area contributed by atoms with E-state index in [1.54, 1.807) is 37.6 Å². The molecule has 138 valence electrons. The quantitative estimate of drug-likeness (QED) is 0.689. The van der Waals surface area contributed by atoms with E-state index in [-0.39, 0.29) is 18.9 Å². The van der Waals surface area contributed by atoms with Gasteiger partial charge in [-0.2, -0.15) is 0 Å². The number of halogens is 1. The van der Waals surface area contributed by atoms with E-state index in [9.17, 15) is 9.18 Å². The van der Waals surface area contributed by atoms with Crippen LogP contribution in [0.25, 0.3) is 0 Å². The fourth-order valence-electron chi connectivity index (χ4n) is 2.57. The van der Waals surface area contributed by atoms with Gasteiger partial charge in [-0.3, -0.25) is 4.79 Å². The van der Waals surface area contributed by atoms with E-state index in [0.29, 0.717) is 22.9 Å². The molecular formula is C21H19FN2O3. The molecule has 3 rings (SSSR count). The van der Waals surface area contributed by atoms with Crippen LogP contribution in [-0.2, 0) is 17.8 Å². The standard InChI is InChI=1S/C21H19FN2O3/c1-26-19-10-3-2-6-15(19)12-20(25)24-14-16-7-5-11-23-21(16)27-18-9-4-8-17(22)13-18/h2-11,13H,12,14H2,1H3,(H,24,25). The molecule has 0 aliphatic heterocycles. The van der Waals surface area contributed by atoms with Gasteiger partial charge in [-0.1, -0.05) is 30.3 Å². The lowest BCUT2D eigenvalue weighted by Crippen LogP contribution is -2.25. The van der Waals surface area contributed by atoms with Crippen LogP contribution in [0.3, 0.4) is 0 Å². The van der Waals surface area contributed by atoms with Crippen LogP contribution in [-0.4, -0.2) is 18.0 Å². The minimum atomic E-state index is -0.393. The first kappa shape index (κ1) is 18.4. The van der Waals surface area contributed by atoms with E-state index in [1.165, 1.54) is 12.1 Å². The third-order valence-corrected chi connectivity index (χ3v) is 3.88. The van der Waals surface area contributed by atoms with Crippen molar-refractivity contribution in [2.24, 2.45) is 0 Å². The number of carbonyl (C=O) groups is 1. The molecule has 1 aromatic heterocycles. The number of nitrogens with zero attached hydrogens (tertiary/aromatic N) is 1. The van der Waals surface area contributed by atoms with Crippen LogP contribution in [0.1, 0.15) is 11.1 Å². The molecule has 0 saturated heterocycles. The van der Waals surface area contributed by atoms with Gasteiger partial charge in [0.1, 0.15) is 17.3 Å². The third kappa shape index (κ3) is 5.04. The maximum absolute atomic E-state index is 13.3. The zero-order valence-corrected chi connectivity index (χ0v) is 14.8. The van der Waals surface area contributed by atoms with Crippen molar-refractivity contribution in [3.05, 3.63) is 83.8 Å². The van der Waals surface area contributed by atoms with E-state index in [1.807, 2.05) is 24.3 Å². The van der Waals surface area contributed by atoms with Crippen molar-refractivity contribution >= 4 is 5.91 Å². The smallest absolute Gasteiger partial charge is 0.224 e. The Hall–Kier alpha value is -3.41. The number of para-hydroxylation sites is 1. The number of pyridine rings is 1. The Morgan fingerprint density at radius 1 is 1.07 bits per heavy atom. The van der Waals surface area contributed by atoms with Crippen LogP contribution in [0.2, 0.25) is 0 Å². The van der Waals surface area contributed by atoms with E-state index >= 15 is 0 Å². The van der Waals surface area contributed by atoms with Gasteiger partial charge in [-0.25, -0.2) is 9.37 Å². The van der Waals surface area contributed by atoms with Crippen molar-refractivity contribution in [1.82, 2.24) is 10.3 Å². The van der Waals surface area contributed by atoms with Gasteiger partial charge < -0.3 is 14.8 Å². The van der Waals surface area contributed by atoms with E-state index < -0.39 is 5.82 Å². The molecule has 0 unspecified atom stereocenters. The largest absolute Gasteiger partial charge is 0.496 e. The summed E-state index contributed by atoms with van der Waals surface area (Å²) in [5.41, 5.74) is 1.50. The van der Waals surface area contributed by atoms with Gasteiger partial charge in [-0.05, 0) is 24.3 Å². The Bertz CT molecular complexity index is 931.